The van der Waals surface area contributed by atoms with Gasteiger partial charge in [0.05, 0.1) is 11.8 Å². The summed E-state index contributed by atoms with van der Waals surface area (Å²) in [7, 11) is 1.67. The highest BCUT2D eigenvalue weighted by Gasteiger charge is 2.38. The van der Waals surface area contributed by atoms with Crippen molar-refractivity contribution in [2.45, 2.75) is 25.8 Å². The minimum absolute atomic E-state index is 0.129. The average Bonchev–Trinajstić information content (AvgIpc) is 2.85. The quantitative estimate of drug-likeness (QED) is 0.920. The minimum Gasteiger partial charge on any atom is -0.481 e. The Bertz CT molecular complexity index is 542. The number of aliphatic carboxylic acids is 1. The Balaban J connectivity index is 2.07. The molecule has 0 aliphatic heterocycles. The monoisotopic (exact) mass is 329 g/mol. The van der Waals surface area contributed by atoms with Gasteiger partial charge in [-0.1, -0.05) is 29.6 Å². The maximum absolute atomic E-state index is 12.4. The Morgan fingerprint density at radius 2 is 1.76 bits per heavy atom. The van der Waals surface area contributed by atoms with Crippen molar-refractivity contribution in [1.29, 1.82) is 0 Å². The normalized spacial score (nSPS) is 21.3. The predicted molar refractivity (Wildman–Crippen MR) is 81.4 cm³/mol. The molecule has 0 spiro atoms. The largest absolute Gasteiger partial charge is 0.481 e. The molecule has 0 aromatic heterocycles. The first-order valence-electron chi connectivity index (χ1n) is 6.81. The Labute approximate surface area is 133 Å². The van der Waals surface area contributed by atoms with Crippen LogP contribution in [0.1, 0.15) is 24.8 Å². The van der Waals surface area contributed by atoms with Gasteiger partial charge in [0.15, 0.2) is 0 Å². The fourth-order valence-electron chi connectivity index (χ4n) is 2.89. The van der Waals surface area contributed by atoms with Gasteiger partial charge in [-0.25, -0.2) is 0 Å². The van der Waals surface area contributed by atoms with Gasteiger partial charge in [-0.05, 0) is 36.6 Å². The second-order valence-electron chi connectivity index (χ2n) is 5.45. The van der Waals surface area contributed by atoms with Crippen molar-refractivity contribution in [3.63, 3.8) is 0 Å². The van der Waals surface area contributed by atoms with Crippen LogP contribution in [0.3, 0.4) is 0 Å². The van der Waals surface area contributed by atoms with Crippen molar-refractivity contribution in [3.05, 3.63) is 33.8 Å². The molecule has 1 saturated carbocycles. The van der Waals surface area contributed by atoms with Gasteiger partial charge in [-0.15, -0.1) is 0 Å². The molecular formula is C15H17Cl2NO3. The Morgan fingerprint density at radius 3 is 2.33 bits per heavy atom. The summed E-state index contributed by atoms with van der Waals surface area (Å²) in [5.74, 6) is -2.01. The van der Waals surface area contributed by atoms with E-state index in [2.05, 4.69) is 0 Å². The molecule has 1 aromatic rings. The van der Waals surface area contributed by atoms with Gasteiger partial charge in [-0.2, -0.15) is 0 Å². The van der Waals surface area contributed by atoms with Crippen LogP contribution in [0, 0.1) is 11.8 Å². The van der Waals surface area contributed by atoms with E-state index in [1.165, 1.54) is 0 Å². The molecular weight excluding hydrogens is 313 g/mol. The zero-order valence-corrected chi connectivity index (χ0v) is 13.2. The standard InChI is InChI=1S/C15H17Cl2NO3/c1-18(8-9-5-10(16)7-11(17)6-9)14(19)12-3-2-4-13(12)15(20)21/h5-7,12-13H,2-4,8H2,1H3,(H,20,21)/t12-,13+/m1/s1. The molecule has 1 N–H and O–H groups in total. The molecule has 1 aliphatic rings. The summed E-state index contributed by atoms with van der Waals surface area (Å²) in [4.78, 5) is 25.2. The lowest BCUT2D eigenvalue weighted by molar-refractivity contribution is -0.148. The Kier molecular flexibility index (Phi) is 5.12. The maximum Gasteiger partial charge on any atom is 0.307 e. The molecule has 0 bridgehead atoms. The summed E-state index contributed by atoms with van der Waals surface area (Å²) in [5, 5.41) is 10.2. The average molecular weight is 330 g/mol. The molecule has 2 rings (SSSR count). The summed E-state index contributed by atoms with van der Waals surface area (Å²) in [6.07, 6.45) is 1.99. The summed E-state index contributed by atoms with van der Waals surface area (Å²) >= 11 is 11.9. The lowest BCUT2D eigenvalue weighted by atomic mass is 9.95. The molecule has 1 aromatic carbocycles. The number of carbonyl (C=O) groups is 2. The molecule has 4 nitrogen and oxygen atoms in total. The zero-order valence-electron chi connectivity index (χ0n) is 11.7. The van der Waals surface area contributed by atoms with Gasteiger partial charge in [0, 0.05) is 23.6 Å². The highest BCUT2D eigenvalue weighted by Crippen LogP contribution is 2.33. The van der Waals surface area contributed by atoms with Gasteiger partial charge in [-0.3, -0.25) is 9.59 Å². The van der Waals surface area contributed by atoms with E-state index in [9.17, 15) is 14.7 Å². The number of carboxylic acid groups (broad SMARTS) is 1. The molecule has 114 valence electrons. The Hall–Kier alpha value is -1.26. The smallest absolute Gasteiger partial charge is 0.307 e. The number of hydrogen-bond donors (Lipinski definition) is 1. The lowest BCUT2D eigenvalue weighted by Gasteiger charge is -2.23. The zero-order chi connectivity index (χ0) is 15.6. The van der Waals surface area contributed by atoms with Crippen molar-refractivity contribution >= 4 is 35.1 Å². The molecule has 6 heteroatoms. The molecule has 0 saturated heterocycles. The van der Waals surface area contributed by atoms with Crippen molar-refractivity contribution in [2.75, 3.05) is 7.05 Å². The summed E-state index contributed by atoms with van der Waals surface area (Å²) < 4.78 is 0. The van der Waals surface area contributed by atoms with Gasteiger partial charge in [0.25, 0.3) is 0 Å². The van der Waals surface area contributed by atoms with Gasteiger partial charge in [0.1, 0.15) is 0 Å². The number of nitrogens with zero attached hydrogens (tertiary/aromatic N) is 1. The topological polar surface area (TPSA) is 57.6 Å². The van der Waals surface area contributed by atoms with Gasteiger partial charge in [0.2, 0.25) is 5.91 Å². The van der Waals surface area contributed by atoms with E-state index in [4.69, 9.17) is 23.2 Å². The van der Waals surface area contributed by atoms with E-state index >= 15 is 0 Å². The van der Waals surface area contributed by atoms with Crippen LogP contribution in [-0.2, 0) is 16.1 Å². The number of rotatable bonds is 4. The van der Waals surface area contributed by atoms with E-state index in [1.54, 1.807) is 30.1 Å². The van der Waals surface area contributed by atoms with E-state index in [0.717, 1.165) is 12.0 Å². The van der Waals surface area contributed by atoms with E-state index in [0.29, 0.717) is 29.4 Å². The third-order valence-corrected chi connectivity index (χ3v) is 4.31. The SMILES string of the molecule is CN(Cc1cc(Cl)cc(Cl)c1)C(=O)[C@@H]1CCC[C@@H]1C(=O)O. The number of hydrogen-bond acceptors (Lipinski definition) is 2. The van der Waals surface area contributed by atoms with E-state index in [1.807, 2.05) is 0 Å². The maximum atomic E-state index is 12.4. The molecule has 0 heterocycles. The van der Waals surface area contributed by atoms with Crippen molar-refractivity contribution in [3.8, 4) is 0 Å². The minimum atomic E-state index is -0.884. The predicted octanol–water partition coefficient (Wildman–Crippen LogP) is 3.45. The summed E-state index contributed by atoms with van der Waals surface area (Å²) in [6.45, 7) is 0.363. The first-order chi connectivity index (χ1) is 9.88. The van der Waals surface area contributed by atoms with Crippen LogP contribution in [-0.4, -0.2) is 28.9 Å². The summed E-state index contributed by atoms with van der Waals surface area (Å²) in [5.41, 5.74) is 0.827. The van der Waals surface area contributed by atoms with Crippen LogP contribution >= 0.6 is 23.2 Å². The van der Waals surface area contributed by atoms with E-state index in [-0.39, 0.29) is 5.91 Å². The first kappa shape index (κ1) is 16.1. The highest BCUT2D eigenvalue weighted by atomic mass is 35.5. The number of benzene rings is 1. The molecule has 21 heavy (non-hydrogen) atoms. The molecule has 0 radical (unpaired) electrons. The van der Waals surface area contributed by atoms with Crippen molar-refractivity contribution in [1.82, 2.24) is 4.90 Å². The number of amides is 1. The number of carbonyl (C=O) groups excluding carboxylic acids is 1. The van der Waals surface area contributed by atoms with Gasteiger partial charge >= 0.3 is 5.97 Å². The number of carboxylic acids is 1. The van der Waals surface area contributed by atoms with Gasteiger partial charge < -0.3 is 10.0 Å². The van der Waals surface area contributed by atoms with Crippen LogP contribution in [0.2, 0.25) is 10.0 Å². The molecule has 2 atom stereocenters. The molecule has 1 fully saturated rings. The van der Waals surface area contributed by atoms with Crippen LogP contribution in [0.15, 0.2) is 18.2 Å². The van der Waals surface area contributed by atoms with Crippen LogP contribution in [0.5, 0.6) is 0 Å². The van der Waals surface area contributed by atoms with Crippen LogP contribution < -0.4 is 0 Å². The highest BCUT2D eigenvalue weighted by molar-refractivity contribution is 6.34. The van der Waals surface area contributed by atoms with Crippen molar-refractivity contribution < 1.29 is 14.7 Å². The second-order valence-corrected chi connectivity index (χ2v) is 6.33. The number of halogens is 2. The fourth-order valence-corrected chi connectivity index (χ4v) is 3.46. The molecule has 1 amide bonds. The van der Waals surface area contributed by atoms with Crippen LogP contribution in [0.25, 0.3) is 0 Å². The molecule has 1 aliphatic carbocycles. The molecule has 0 unspecified atom stereocenters. The third-order valence-electron chi connectivity index (χ3n) is 3.87. The van der Waals surface area contributed by atoms with E-state index < -0.39 is 17.8 Å². The van der Waals surface area contributed by atoms with Crippen molar-refractivity contribution in [2.24, 2.45) is 11.8 Å². The fraction of sp³-hybridized carbons (Fsp3) is 0.467. The first-order valence-corrected chi connectivity index (χ1v) is 7.57. The third kappa shape index (κ3) is 3.89. The second kappa shape index (κ2) is 6.67. The summed E-state index contributed by atoms with van der Waals surface area (Å²) in [6, 6.07) is 5.13. The Morgan fingerprint density at radius 1 is 1.19 bits per heavy atom. The van der Waals surface area contributed by atoms with Crippen LogP contribution in [0.4, 0.5) is 0 Å². The lowest BCUT2D eigenvalue weighted by Crippen LogP contribution is -2.36.